The van der Waals surface area contributed by atoms with Gasteiger partial charge in [0.1, 0.15) is 0 Å². The quantitative estimate of drug-likeness (QED) is 0.383. The van der Waals surface area contributed by atoms with E-state index in [1.165, 1.54) is 32.1 Å². The molecule has 5 nitrogen and oxygen atoms in total. The summed E-state index contributed by atoms with van der Waals surface area (Å²) in [6, 6.07) is 0. The van der Waals surface area contributed by atoms with Gasteiger partial charge in [-0.2, -0.15) is 0 Å². The Labute approximate surface area is 165 Å². The van der Waals surface area contributed by atoms with E-state index in [-0.39, 0.29) is 35.4 Å². The monoisotopic (exact) mass is 452 g/mol. The van der Waals surface area contributed by atoms with E-state index >= 15 is 0 Å². The molecule has 2 atom stereocenters. The first-order valence-corrected chi connectivity index (χ1v) is 8.94. The number of amides is 1. The first kappa shape index (κ1) is 23.5. The van der Waals surface area contributed by atoms with E-state index in [1.54, 1.807) is 7.05 Å². The highest BCUT2D eigenvalue weighted by atomic mass is 127. The molecule has 1 fully saturated rings. The maximum Gasteiger partial charge on any atom is 0.240 e. The molecule has 24 heavy (non-hydrogen) atoms. The first-order valence-electron chi connectivity index (χ1n) is 8.94. The highest BCUT2D eigenvalue weighted by Crippen LogP contribution is 2.30. The van der Waals surface area contributed by atoms with Crippen LogP contribution in [0.3, 0.4) is 0 Å². The van der Waals surface area contributed by atoms with Crippen LogP contribution in [0.1, 0.15) is 59.8 Å². The van der Waals surface area contributed by atoms with Crippen LogP contribution in [-0.4, -0.2) is 49.5 Å². The van der Waals surface area contributed by atoms with Crippen molar-refractivity contribution in [2.45, 2.75) is 65.3 Å². The predicted molar refractivity (Wildman–Crippen MR) is 113 cm³/mol. The number of carbonyl (C=O) groups excluding carboxylic acids is 1. The molecule has 1 amide bonds. The number of carbonyl (C=O) groups is 1. The number of likely N-dealkylation sites (N-methyl/N-ethyl adjacent to an activating group) is 1. The van der Waals surface area contributed by atoms with Crippen molar-refractivity contribution in [1.29, 1.82) is 0 Å². The van der Waals surface area contributed by atoms with E-state index in [1.807, 2.05) is 32.7 Å². The fraction of sp³-hybridized carbons (Fsp3) is 0.889. The van der Waals surface area contributed by atoms with Crippen LogP contribution in [0.4, 0.5) is 0 Å². The molecule has 6 heteroatoms. The average molecular weight is 452 g/mol. The molecule has 0 radical (unpaired) electrons. The van der Waals surface area contributed by atoms with E-state index < -0.39 is 0 Å². The zero-order chi connectivity index (χ0) is 17.5. The number of hydrogen-bond acceptors (Lipinski definition) is 2. The molecule has 1 aliphatic carbocycles. The molecule has 0 spiro atoms. The molecule has 0 aromatic carbocycles. The van der Waals surface area contributed by atoms with Crippen molar-refractivity contribution in [3.05, 3.63) is 0 Å². The Balaban J connectivity index is 0.00000529. The minimum absolute atomic E-state index is 0. The Morgan fingerprint density at radius 1 is 1.29 bits per heavy atom. The number of guanidine groups is 1. The van der Waals surface area contributed by atoms with Crippen LogP contribution in [0, 0.1) is 11.8 Å². The summed E-state index contributed by atoms with van der Waals surface area (Å²) in [5, 5.41) is 6.37. The SMILES string of the molecule is CN=C(NCCC1CCCC(C)C1)N(C)CC(=O)NC(C)(C)C.I. The summed E-state index contributed by atoms with van der Waals surface area (Å²) in [5.74, 6) is 2.51. The van der Waals surface area contributed by atoms with Gasteiger partial charge in [-0.1, -0.05) is 26.2 Å². The minimum Gasteiger partial charge on any atom is -0.356 e. The molecule has 0 aromatic rings. The third-order valence-electron chi connectivity index (χ3n) is 4.35. The smallest absolute Gasteiger partial charge is 0.240 e. The number of hydrogen-bond donors (Lipinski definition) is 2. The van der Waals surface area contributed by atoms with E-state index in [9.17, 15) is 4.79 Å². The molecular weight excluding hydrogens is 415 g/mol. The first-order chi connectivity index (χ1) is 10.7. The summed E-state index contributed by atoms with van der Waals surface area (Å²) in [6.07, 6.45) is 6.65. The summed E-state index contributed by atoms with van der Waals surface area (Å²) >= 11 is 0. The Bertz CT molecular complexity index is 406. The van der Waals surface area contributed by atoms with Gasteiger partial charge in [0, 0.05) is 26.2 Å². The largest absolute Gasteiger partial charge is 0.356 e. The molecule has 0 saturated heterocycles. The summed E-state index contributed by atoms with van der Waals surface area (Å²) in [6.45, 7) is 9.57. The lowest BCUT2D eigenvalue weighted by molar-refractivity contribution is -0.122. The second-order valence-electron chi connectivity index (χ2n) is 8.05. The van der Waals surface area contributed by atoms with Crippen molar-refractivity contribution in [2.75, 3.05) is 27.2 Å². The van der Waals surface area contributed by atoms with Gasteiger partial charge < -0.3 is 15.5 Å². The van der Waals surface area contributed by atoms with Gasteiger partial charge in [-0.05, 0) is 45.4 Å². The number of halogens is 1. The lowest BCUT2D eigenvalue weighted by Crippen LogP contribution is -2.49. The van der Waals surface area contributed by atoms with Crippen molar-refractivity contribution in [1.82, 2.24) is 15.5 Å². The fourth-order valence-electron chi connectivity index (χ4n) is 3.34. The van der Waals surface area contributed by atoms with Gasteiger partial charge in [0.15, 0.2) is 5.96 Å². The average Bonchev–Trinajstić information content (AvgIpc) is 2.41. The second-order valence-corrected chi connectivity index (χ2v) is 8.05. The van der Waals surface area contributed by atoms with E-state index in [4.69, 9.17) is 0 Å². The molecule has 0 aromatic heterocycles. The molecule has 1 aliphatic rings. The van der Waals surface area contributed by atoms with Crippen LogP contribution in [0.5, 0.6) is 0 Å². The molecule has 0 heterocycles. The normalized spacial score (nSPS) is 21.7. The maximum atomic E-state index is 12.0. The molecular formula is C18H37IN4O. The lowest BCUT2D eigenvalue weighted by Gasteiger charge is -2.28. The van der Waals surface area contributed by atoms with Gasteiger partial charge in [-0.25, -0.2) is 0 Å². The zero-order valence-corrected chi connectivity index (χ0v) is 18.6. The van der Waals surface area contributed by atoms with Gasteiger partial charge in [-0.15, -0.1) is 24.0 Å². The minimum atomic E-state index is -0.202. The Morgan fingerprint density at radius 2 is 1.96 bits per heavy atom. The second kappa shape index (κ2) is 11.2. The highest BCUT2D eigenvalue weighted by Gasteiger charge is 2.19. The predicted octanol–water partition coefficient (Wildman–Crippen LogP) is 3.24. The summed E-state index contributed by atoms with van der Waals surface area (Å²) in [7, 11) is 3.67. The van der Waals surface area contributed by atoms with E-state index in [2.05, 4.69) is 22.5 Å². The van der Waals surface area contributed by atoms with Crippen molar-refractivity contribution >= 4 is 35.8 Å². The van der Waals surface area contributed by atoms with E-state index in [0.717, 1.165) is 24.3 Å². The van der Waals surface area contributed by atoms with Crippen molar-refractivity contribution in [2.24, 2.45) is 16.8 Å². The van der Waals surface area contributed by atoms with Crippen LogP contribution in [0.2, 0.25) is 0 Å². The van der Waals surface area contributed by atoms with Gasteiger partial charge in [-0.3, -0.25) is 9.79 Å². The van der Waals surface area contributed by atoms with Crippen LogP contribution >= 0.6 is 24.0 Å². The van der Waals surface area contributed by atoms with Crippen molar-refractivity contribution in [3.63, 3.8) is 0 Å². The molecule has 0 aliphatic heterocycles. The Hall–Kier alpha value is -0.530. The van der Waals surface area contributed by atoms with Crippen molar-refractivity contribution in [3.8, 4) is 0 Å². The topological polar surface area (TPSA) is 56.7 Å². The molecule has 1 saturated carbocycles. The van der Waals surface area contributed by atoms with E-state index in [0.29, 0.717) is 6.54 Å². The Morgan fingerprint density at radius 3 is 2.50 bits per heavy atom. The molecule has 142 valence electrons. The summed E-state index contributed by atoms with van der Waals surface area (Å²) in [5.41, 5.74) is -0.202. The fourth-order valence-corrected chi connectivity index (χ4v) is 3.34. The third kappa shape index (κ3) is 9.69. The third-order valence-corrected chi connectivity index (χ3v) is 4.35. The van der Waals surface area contributed by atoms with Gasteiger partial charge >= 0.3 is 0 Å². The van der Waals surface area contributed by atoms with Crippen LogP contribution < -0.4 is 10.6 Å². The van der Waals surface area contributed by atoms with Crippen LogP contribution in [0.25, 0.3) is 0 Å². The number of aliphatic imine (C=N–C) groups is 1. The van der Waals surface area contributed by atoms with Gasteiger partial charge in [0.25, 0.3) is 0 Å². The van der Waals surface area contributed by atoms with Crippen LogP contribution in [-0.2, 0) is 4.79 Å². The van der Waals surface area contributed by atoms with Gasteiger partial charge in [0.2, 0.25) is 5.91 Å². The Kier molecular flexibility index (Phi) is 10.9. The number of nitrogens with zero attached hydrogens (tertiary/aromatic N) is 2. The lowest BCUT2D eigenvalue weighted by atomic mass is 9.81. The molecule has 1 rings (SSSR count). The van der Waals surface area contributed by atoms with Crippen molar-refractivity contribution < 1.29 is 4.79 Å². The number of nitrogens with one attached hydrogen (secondary N) is 2. The molecule has 2 N–H and O–H groups in total. The highest BCUT2D eigenvalue weighted by molar-refractivity contribution is 14.0. The standard InChI is InChI=1S/C18H36N4O.HI/c1-14-8-7-9-15(12-14)10-11-20-17(19-5)22(6)13-16(23)21-18(2,3)4;/h14-15H,7-13H2,1-6H3,(H,19,20)(H,21,23);1H. The summed E-state index contributed by atoms with van der Waals surface area (Å²) in [4.78, 5) is 18.2. The number of rotatable bonds is 5. The zero-order valence-electron chi connectivity index (χ0n) is 16.3. The maximum absolute atomic E-state index is 12.0. The van der Waals surface area contributed by atoms with Gasteiger partial charge in [0.05, 0.1) is 6.54 Å². The molecule has 0 bridgehead atoms. The summed E-state index contributed by atoms with van der Waals surface area (Å²) < 4.78 is 0. The van der Waals surface area contributed by atoms with Crippen LogP contribution in [0.15, 0.2) is 4.99 Å². The molecule has 2 unspecified atom stereocenters.